The molecule has 0 unspecified atom stereocenters. The molecular formula is C18H18N2. The first kappa shape index (κ1) is 12.9. The first-order valence-corrected chi connectivity index (χ1v) is 6.83. The SMILES string of the molecule is NCc1ccc(CN)c(-c2cccc3ccccc23)c1. The van der Waals surface area contributed by atoms with E-state index in [1.54, 1.807) is 0 Å². The highest BCUT2D eigenvalue weighted by Gasteiger charge is 2.08. The fourth-order valence-electron chi connectivity index (χ4n) is 2.64. The summed E-state index contributed by atoms with van der Waals surface area (Å²) in [5.41, 5.74) is 16.4. The van der Waals surface area contributed by atoms with E-state index in [0.29, 0.717) is 13.1 Å². The van der Waals surface area contributed by atoms with Crippen molar-refractivity contribution in [2.45, 2.75) is 13.1 Å². The topological polar surface area (TPSA) is 52.0 Å². The maximum absolute atomic E-state index is 5.89. The van der Waals surface area contributed by atoms with Crippen LogP contribution in [0.1, 0.15) is 11.1 Å². The van der Waals surface area contributed by atoms with Crippen molar-refractivity contribution in [3.05, 3.63) is 71.8 Å². The van der Waals surface area contributed by atoms with Crippen LogP contribution >= 0.6 is 0 Å². The Kier molecular flexibility index (Phi) is 3.50. The zero-order valence-corrected chi connectivity index (χ0v) is 11.3. The van der Waals surface area contributed by atoms with E-state index in [-0.39, 0.29) is 0 Å². The van der Waals surface area contributed by atoms with Gasteiger partial charge in [-0.15, -0.1) is 0 Å². The molecule has 100 valence electrons. The van der Waals surface area contributed by atoms with Gasteiger partial charge in [-0.05, 0) is 39.1 Å². The third kappa shape index (κ3) is 2.20. The lowest BCUT2D eigenvalue weighted by atomic mass is 9.93. The van der Waals surface area contributed by atoms with Gasteiger partial charge in [-0.25, -0.2) is 0 Å². The molecule has 2 nitrogen and oxygen atoms in total. The van der Waals surface area contributed by atoms with Gasteiger partial charge in [0.25, 0.3) is 0 Å². The number of hydrogen-bond acceptors (Lipinski definition) is 2. The molecule has 0 amide bonds. The standard InChI is InChI=1S/C18H18N2/c19-11-13-8-9-15(12-20)18(10-13)17-7-3-5-14-4-1-2-6-16(14)17/h1-10H,11-12,19-20H2. The van der Waals surface area contributed by atoms with Gasteiger partial charge < -0.3 is 11.5 Å². The summed E-state index contributed by atoms with van der Waals surface area (Å²) in [5.74, 6) is 0. The van der Waals surface area contributed by atoms with Crippen molar-refractivity contribution in [3.8, 4) is 11.1 Å². The maximum atomic E-state index is 5.89. The molecule has 2 heteroatoms. The highest BCUT2D eigenvalue weighted by atomic mass is 14.5. The van der Waals surface area contributed by atoms with E-state index in [2.05, 4.69) is 60.7 Å². The van der Waals surface area contributed by atoms with Crippen molar-refractivity contribution in [3.63, 3.8) is 0 Å². The normalized spacial score (nSPS) is 10.9. The van der Waals surface area contributed by atoms with Gasteiger partial charge in [-0.2, -0.15) is 0 Å². The molecule has 0 aliphatic heterocycles. The Morgan fingerprint density at radius 3 is 2.30 bits per heavy atom. The summed E-state index contributed by atoms with van der Waals surface area (Å²) in [6.45, 7) is 1.08. The Labute approximate surface area is 119 Å². The van der Waals surface area contributed by atoms with Gasteiger partial charge in [-0.3, -0.25) is 0 Å². The minimum atomic E-state index is 0.531. The second kappa shape index (κ2) is 5.45. The van der Waals surface area contributed by atoms with Gasteiger partial charge in [0.05, 0.1) is 0 Å². The monoisotopic (exact) mass is 262 g/mol. The highest BCUT2D eigenvalue weighted by molar-refractivity contribution is 5.97. The summed E-state index contributed by atoms with van der Waals surface area (Å²) < 4.78 is 0. The molecule has 0 aliphatic rings. The molecule has 0 aliphatic carbocycles. The molecule has 0 radical (unpaired) electrons. The largest absolute Gasteiger partial charge is 0.326 e. The minimum absolute atomic E-state index is 0.531. The second-order valence-corrected chi connectivity index (χ2v) is 4.93. The lowest BCUT2D eigenvalue weighted by Gasteiger charge is -2.13. The van der Waals surface area contributed by atoms with Crippen molar-refractivity contribution in [2.24, 2.45) is 11.5 Å². The zero-order chi connectivity index (χ0) is 13.9. The average molecular weight is 262 g/mol. The molecule has 0 heterocycles. The summed E-state index contributed by atoms with van der Waals surface area (Å²) in [4.78, 5) is 0. The van der Waals surface area contributed by atoms with Crippen LogP contribution in [0.2, 0.25) is 0 Å². The van der Waals surface area contributed by atoms with Crippen molar-refractivity contribution in [1.29, 1.82) is 0 Å². The Hall–Kier alpha value is -2.16. The third-order valence-electron chi connectivity index (χ3n) is 3.71. The van der Waals surface area contributed by atoms with Crippen LogP contribution in [-0.4, -0.2) is 0 Å². The van der Waals surface area contributed by atoms with Crippen LogP contribution in [-0.2, 0) is 13.1 Å². The second-order valence-electron chi connectivity index (χ2n) is 4.93. The maximum Gasteiger partial charge on any atom is 0.0184 e. The fourth-order valence-corrected chi connectivity index (χ4v) is 2.64. The molecular weight excluding hydrogens is 244 g/mol. The van der Waals surface area contributed by atoms with E-state index >= 15 is 0 Å². The van der Waals surface area contributed by atoms with E-state index < -0.39 is 0 Å². The molecule has 20 heavy (non-hydrogen) atoms. The van der Waals surface area contributed by atoms with Crippen LogP contribution < -0.4 is 11.5 Å². The third-order valence-corrected chi connectivity index (χ3v) is 3.71. The minimum Gasteiger partial charge on any atom is -0.326 e. The van der Waals surface area contributed by atoms with E-state index in [9.17, 15) is 0 Å². The van der Waals surface area contributed by atoms with Crippen molar-refractivity contribution < 1.29 is 0 Å². The van der Waals surface area contributed by atoms with Crippen molar-refractivity contribution >= 4 is 10.8 Å². The molecule has 0 fully saturated rings. The number of rotatable bonds is 3. The molecule has 0 saturated heterocycles. The first-order chi connectivity index (χ1) is 9.83. The molecule has 0 bridgehead atoms. The summed E-state index contributed by atoms with van der Waals surface area (Å²) >= 11 is 0. The quantitative estimate of drug-likeness (QED) is 0.760. The molecule has 0 saturated carbocycles. The molecule has 3 aromatic carbocycles. The smallest absolute Gasteiger partial charge is 0.0184 e. The molecule has 3 aromatic rings. The summed E-state index contributed by atoms with van der Waals surface area (Å²) in [5, 5.41) is 2.49. The zero-order valence-electron chi connectivity index (χ0n) is 11.3. The Balaban J connectivity index is 2.30. The summed E-state index contributed by atoms with van der Waals surface area (Å²) in [6.07, 6.45) is 0. The lowest BCUT2D eigenvalue weighted by molar-refractivity contribution is 1.04. The number of benzene rings is 3. The number of fused-ring (bicyclic) bond motifs is 1. The predicted molar refractivity (Wildman–Crippen MR) is 85.2 cm³/mol. The summed E-state index contributed by atoms with van der Waals surface area (Å²) in [7, 11) is 0. The first-order valence-electron chi connectivity index (χ1n) is 6.83. The van der Waals surface area contributed by atoms with Crippen molar-refractivity contribution in [1.82, 2.24) is 0 Å². The van der Waals surface area contributed by atoms with E-state index in [1.165, 1.54) is 21.9 Å². The highest BCUT2D eigenvalue weighted by Crippen LogP contribution is 2.31. The van der Waals surface area contributed by atoms with Gasteiger partial charge >= 0.3 is 0 Å². The average Bonchev–Trinajstić information content (AvgIpc) is 2.53. The van der Waals surface area contributed by atoms with E-state index in [0.717, 1.165) is 11.1 Å². The van der Waals surface area contributed by atoms with E-state index in [1.807, 2.05) is 0 Å². The Morgan fingerprint density at radius 1 is 0.700 bits per heavy atom. The molecule has 0 atom stereocenters. The van der Waals surface area contributed by atoms with Gasteiger partial charge in [0.1, 0.15) is 0 Å². The number of hydrogen-bond donors (Lipinski definition) is 2. The van der Waals surface area contributed by atoms with Crippen LogP contribution in [0.4, 0.5) is 0 Å². The van der Waals surface area contributed by atoms with E-state index in [4.69, 9.17) is 11.5 Å². The Morgan fingerprint density at radius 2 is 1.50 bits per heavy atom. The van der Waals surface area contributed by atoms with Gasteiger partial charge in [0.2, 0.25) is 0 Å². The molecule has 3 rings (SSSR count). The van der Waals surface area contributed by atoms with Crippen LogP contribution in [0.15, 0.2) is 60.7 Å². The predicted octanol–water partition coefficient (Wildman–Crippen LogP) is 3.42. The summed E-state index contributed by atoms with van der Waals surface area (Å²) in [6, 6.07) is 21.1. The van der Waals surface area contributed by atoms with Gasteiger partial charge in [-0.1, -0.05) is 54.6 Å². The van der Waals surface area contributed by atoms with Crippen LogP contribution in [0.25, 0.3) is 21.9 Å². The molecule has 4 N–H and O–H groups in total. The molecule has 0 aromatic heterocycles. The fraction of sp³-hybridized carbons (Fsp3) is 0.111. The van der Waals surface area contributed by atoms with Crippen LogP contribution in [0.5, 0.6) is 0 Å². The van der Waals surface area contributed by atoms with Gasteiger partial charge in [0, 0.05) is 13.1 Å². The van der Waals surface area contributed by atoms with Crippen LogP contribution in [0, 0.1) is 0 Å². The van der Waals surface area contributed by atoms with Crippen LogP contribution in [0.3, 0.4) is 0 Å². The lowest BCUT2D eigenvalue weighted by Crippen LogP contribution is -2.02. The van der Waals surface area contributed by atoms with Crippen molar-refractivity contribution in [2.75, 3.05) is 0 Å². The Bertz CT molecular complexity index is 742. The number of nitrogens with two attached hydrogens (primary N) is 2. The van der Waals surface area contributed by atoms with Gasteiger partial charge in [0.15, 0.2) is 0 Å². The molecule has 0 spiro atoms.